The van der Waals surface area contributed by atoms with Crippen molar-refractivity contribution in [3.05, 3.63) is 0 Å². The maximum absolute atomic E-state index is 12.2. The first-order valence-electron chi connectivity index (χ1n) is 7.03. The molecule has 0 aromatic rings. The van der Waals surface area contributed by atoms with Gasteiger partial charge in [0.15, 0.2) is 6.04 Å². The Kier molecular flexibility index (Phi) is 8.61. The van der Waals surface area contributed by atoms with Crippen molar-refractivity contribution in [2.24, 2.45) is 11.7 Å². The van der Waals surface area contributed by atoms with E-state index in [4.69, 9.17) is 15.9 Å². The number of amides is 2. The molecule has 2 amide bonds. The summed E-state index contributed by atoms with van der Waals surface area (Å²) in [6, 6.07) is -3.68. The second kappa shape index (κ2) is 9.34. The van der Waals surface area contributed by atoms with Gasteiger partial charge in [-0.05, 0) is 12.8 Å². The normalized spacial score (nSPS) is 17.7. The Morgan fingerprint density at radius 2 is 1.59 bits per heavy atom. The number of carbonyl (C=O) groups excluding carboxylic acids is 2. The standard InChI is InChI=1S/C13H25N3O6/c1-4-6(2)9(15-11(19)8(14)5-17)12(20)16-10(7(3)18)13(21)22/h6-10,17-18H,4-5,14H2,1-3H3,(H,15,19)(H,16,20)(H,21,22). The molecule has 9 nitrogen and oxygen atoms in total. The van der Waals surface area contributed by atoms with Gasteiger partial charge in [-0.3, -0.25) is 9.59 Å². The summed E-state index contributed by atoms with van der Waals surface area (Å²) in [5.74, 6) is -3.13. The fourth-order valence-corrected chi connectivity index (χ4v) is 1.68. The highest BCUT2D eigenvalue weighted by Gasteiger charge is 2.32. The summed E-state index contributed by atoms with van der Waals surface area (Å²) in [4.78, 5) is 34.9. The molecular formula is C13H25N3O6. The highest BCUT2D eigenvalue weighted by molar-refractivity contribution is 5.92. The van der Waals surface area contributed by atoms with E-state index in [1.54, 1.807) is 13.8 Å². The van der Waals surface area contributed by atoms with Crippen molar-refractivity contribution >= 4 is 17.8 Å². The van der Waals surface area contributed by atoms with E-state index in [0.717, 1.165) is 0 Å². The summed E-state index contributed by atoms with van der Waals surface area (Å²) in [6.07, 6.45) is -0.756. The lowest BCUT2D eigenvalue weighted by atomic mass is 9.97. The van der Waals surface area contributed by atoms with Gasteiger partial charge in [0.2, 0.25) is 11.8 Å². The average molecular weight is 319 g/mol. The van der Waals surface area contributed by atoms with E-state index in [1.165, 1.54) is 6.92 Å². The Hall–Kier alpha value is -1.71. The van der Waals surface area contributed by atoms with Crippen LogP contribution in [0, 0.1) is 5.92 Å². The van der Waals surface area contributed by atoms with Crippen molar-refractivity contribution in [3.8, 4) is 0 Å². The zero-order valence-electron chi connectivity index (χ0n) is 12.9. The lowest BCUT2D eigenvalue weighted by Crippen LogP contribution is -2.58. The molecule has 0 aromatic carbocycles. The van der Waals surface area contributed by atoms with E-state index in [2.05, 4.69) is 10.6 Å². The third kappa shape index (κ3) is 5.96. The van der Waals surface area contributed by atoms with Crippen LogP contribution in [0.15, 0.2) is 0 Å². The number of carboxylic acids is 1. The first-order valence-corrected chi connectivity index (χ1v) is 7.03. The van der Waals surface area contributed by atoms with Crippen molar-refractivity contribution in [2.75, 3.05) is 6.61 Å². The molecule has 0 saturated carbocycles. The minimum Gasteiger partial charge on any atom is -0.480 e. The Morgan fingerprint density at radius 1 is 1.09 bits per heavy atom. The summed E-state index contributed by atoms with van der Waals surface area (Å²) >= 11 is 0. The Bertz CT molecular complexity index is 401. The van der Waals surface area contributed by atoms with Crippen LogP contribution in [0.3, 0.4) is 0 Å². The van der Waals surface area contributed by atoms with Crippen molar-refractivity contribution in [1.29, 1.82) is 0 Å². The molecule has 128 valence electrons. The molecule has 7 N–H and O–H groups in total. The summed E-state index contributed by atoms with van der Waals surface area (Å²) in [5, 5.41) is 31.8. The van der Waals surface area contributed by atoms with Crippen LogP contribution in [-0.4, -0.2) is 63.9 Å². The van der Waals surface area contributed by atoms with Crippen molar-refractivity contribution in [2.45, 2.75) is 51.4 Å². The second-order valence-corrected chi connectivity index (χ2v) is 5.23. The van der Waals surface area contributed by atoms with E-state index in [1.807, 2.05) is 0 Å². The molecule has 22 heavy (non-hydrogen) atoms. The highest BCUT2D eigenvalue weighted by atomic mass is 16.4. The number of rotatable bonds is 9. The summed E-state index contributed by atoms with van der Waals surface area (Å²) in [5.41, 5.74) is 5.38. The van der Waals surface area contributed by atoms with Crippen LogP contribution in [-0.2, 0) is 14.4 Å². The lowest BCUT2D eigenvalue weighted by Gasteiger charge is -2.27. The first kappa shape index (κ1) is 20.3. The molecule has 0 saturated heterocycles. The molecule has 0 aliphatic rings. The van der Waals surface area contributed by atoms with Crippen molar-refractivity contribution in [3.63, 3.8) is 0 Å². The summed E-state index contributed by atoms with van der Waals surface area (Å²) < 4.78 is 0. The number of hydrogen-bond acceptors (Lipinski definition) is 6. The molecule has 0 aliphatic heterocycles. The quantitative estimate of drug-likeness (QED) is 0.280. The SMILES string of the molecule is CCC(C)C(NC(=O)C(N)CO)C(=O)NC(C(=O)O)C(C)O. The maximum Gasteiger partial charge on any atom is 0.328 e. The van der Waals surface area contributed by atoms with Crippen LogP contribution in [0.4, 0.5) is 0 Å². The van der Waals surface area contributed by atoms with Crippen LogP contribution in [0.25, 0.3) is 0 Å². The minimum atomic E-state index is -1.48. The second-order valence-electron chi connectivity index (χ2n) is 5.23. The fraction of sp³-hybridized carbons (Fsp3) is 0.769. The third-order valence-electron chi connectivity index (χ3n) is 3.37. The van der Waals surface area contributed by atoms with Crippen LogP contribution < -0.4 is 16.4 Å². The Labute approximate surface area is 128 Å². The van der Waals surface area contributed by atoms with Gasteiger partial charge in [0.1, 0.15) is 12.1 Å². The number of aliphatic hydroxyl groups excluding tert-OH is 2. The van der Waals surface area contributed by atoms with Gasteiger partial charge >= 0.3 is 5.97 Å². The number of carbonyl (C=O) groups is 3. The van der Waals surface area contributed by atoms with Crippen LogP contribution in [0.2, 0.25) is 0 Å². The molecule has 0 fully saturated rings. The number of aliphatic hydroxyl groups is 2. The van der Waals surface area contributed by atoms with Gasteiger partial charge in [0, 0.05) is 0 Å². The van der Waals surface area contributed by atoms with Crippen LogP contribution in [0.5, 0.6) is 0 Å². The highest BCUT2D eigenvalue weighted by Crippen LogP contribution is 2.09. The van der Waals surface area contributed by atoms with E-state index in [0.29, 0.717) is 6.42 Å². The van der Waals surface area contributed by atoms with Crippen LogP contribution >= 0.6 is 0 Å². The van der Waals surface area contributed by atoms with E-state index >= 15 is 0 Å². The molecular weight excluding hydrogens is 294 g/mol. The van der Waals surface area contributed by atoms with E-state index < -0.39 is 48.6 Å². The monoisotopic (exact) mass is 319 g/mol. The predicted octanol–water partition coefficient (Wildman–Crippen LogP) is -2.21. The summed E-state index contributed by atoms with van der Waals surface area (Å²) in [7, 11) is 0. The van der Waals surface area contributed by atoms with E-state index in [9.17, 15) is 19.5 Å². The molecule has 0 heterocycles. The number of hydrogen-bond donors (Lipinski definition) is 6. The summed E-state index contributed by atoms with van der Waals surface area (Å²) in [6.45, 7) is 4.16. The topological polar surface area (TPSA) is 162 Å². The molecule has 9 heteroatoms. The van der Waals surface area contributed by atoms with Crippen molar-refractivity contribution in [1.82, 2.24) is 10.6 Å². The molecule has 0 rings (SSSR count). The molecule has 0 spiro atoms. The predicted molar refractivity (Wildman–Crippen MR) is 77.7 cm³/mol. The van der Waals surface area contributed by atoms with Gasteiger partial charge in [0.25, 0.3) is 0 Å². The minimum absolute atomic E-state index is 0.293. The molecule has 5 unspecified atom stereocenters. The Balaban J connectivity index is 5.06. The largest absolute Gasteiger partial charge is 0.480 e. The van der Waals surface area contributed by atoms with Gasteiger partial charge in [-0.1, -0.05) is 20.3 Å². The molecule has 5 atom stereocenters. The van der Waals surface area contributed by atoms with E-state index in [-0.39, 0.29) is 5.92 Å². The van der Waals surface area contributed by atoms with Crippen molar-refractivity contribution < 1.29 is 29.7 Å². The molecule has 0 bridgehead atoms. The van der Waals surface area contributed by atoms with Gasteiger partial charge < -0.3 is 31.7 Å². The zero-order valence-corrected chi connectivity index (χ0v) is 12.9. The van der Waals surface area contributed by atoms with Gasteiger partial charge in [-0.2, -0.15) is 0 Å². The molecule has 0 aromatic heterocycles. The number of aliphatic carboxylic acids is 1. The number of carboxylic acid groups (broad SMARTS) is 1. The number of nitrogens with one attached hydrogen (secondary N) is 2. The maximum atomic E-state index is 12.2. The van der Waals surface area contributed by atoms with Crippen LogP contribution in [0.1, 0.15) is 27.2 Å². The van der Waals surface area contributed by atoms with Gasteiger partial charge in [-0.25, -0.2) is 4.79 Å². The molecule has 0 aliphatic carbocycles. The third-order valence-corrected chi connectivity index (χ3v) is 3.37. The smallest absolute Gasteiger partial charge is 0.328 e. The lowest BCUT2D eigenvalue weighted by molar-refractivity contribution is -0.145. The van der Waals surface area contributed by atoms with Gasteiger partial charge in [-0.15, -0.1) is 0 Å². The fourth-order valence-electron chi connectivity index (χ4n) is 1.68. The average Bonchev–Trinajstić information content (AvgIpc) is 2.47. The first-order chi connectivity index (χ1) is 10.1. The van der Waals surface area contributed by atoms with Gasteiger partial charge in [0.05, 0.1) is 12.7 Å². The number of nitrogens with two attached hydrogens (primary N) is 1. The Morgan fingerprint density at radius 3 is 1.95 bits per heavy atom. The molecule has 0 radical (unpaired) electrons. The zero-order chi connectivity index (χ0) is 17.4.